The molecular weight excluding hydrogens is 246 g/mol. The van der Waals surface area contributed by atoms with Gasteiger partial charge in [-0.1, -0.05) is 37.6 Å². The van der Waals surface area contributed by atoms with Crippen LogP contribution in [0.15, 0.2) is 18.2 Å². The minimum atomic E-state index is 0.366. The van der Waals surface area contributed by atoms with Gasteiger partial charge in [-0.2, -0.15) is 0 Å². The monoisotopic (exact) mass is 263 g/mol. The van der Waals surface area contributed by atoms with Gasteiger partial charge in [0.1, 0.15) is 11.3 Å². The SMILES string of the molecule is CCOc1cccc2c(Cl)c(C(C)C)c(C)nc12. The van der Waals surface area contributed by atoms with Crippen LogP contribution in [0.25, 0.3) is 10.9 Å². The van der Waals surface area contributed by atoms with E-state index in [0.717, 1.165) is 32.9 Å². The summed E-state index contributed by atoms with van der Waals surface area (Å²) in [6.07, 6.45) is 0. The molecule has 3 heteroatoms. The summed E-state index contributed by atoms with van der Waals surface area (Å²) in [5.41, 5.74) is 2.96. The van der Waals surface area contributed by atoms with E-state index in [4.69, 9.17) is 16.3 Å². The first kappa shape index (κ1) is 13.2. The lowest BCUT2D eigenvalue weighted by molar-refractivity contribution is 0.343. The molecule has 0 radical (unpaired) electrons. The van der Waals surface area contributed by atoms with E-state index in [1.54, 1.807) is 0 Å². The van der Waals surface area contributed by atoms with Gasteiger partial charge in [0, 0.05) is 11.1 Å². The van der Waals surface area contributed by atoms with E-state index in [9.17, 15) is 0 Å². The highest BCUT2D eigenvalue weighted by atomic mass is 35.5. The number of nitrogens with zero attached hydrogens (tertiary/aromatic N) is 1. The first-order valence-corrected chi connectivity index (χ1v) is 6.65. The van der Waals surface area contributed by atoms with Crippen molar-refractivity contribution in [3.8, 4) is 5.75 Å². The van der Waals surface area contributed by atoms with Crippen molar-refractivity contribution in [1.82, 2.24) is 4.98 Å². The van der Waals surface area contributed by atoms with Crippen LogP contribution in [0.2, 0.25) is 5.02 Å². The maximum absolute atomic E-state index is 6.52. The fourth-order valence-electron chi connectivity index (χ4n) is 2.29. The Morgan fingerprint density at radius 2 is 2.06 bits per heavy atom. The van der Waals surface area contributed by atoms with E-state index >= 15 is 0 Å². The standard InChI is InChI=1S/C15H18ClNO/c1-5-18-12-8-6-7-11-14(16)13(9(2)3)10(4)17-15(11)12/h6-9H,5H2,1-4H3. The summed E-state index contributed by atoms with van der Waals surface area (Å²) in [7, 11) is 0. The summed E-state index contributed by atoms with van der Waals surface area (Å²) in [6, 6.07) is 5.89. The van der Waals surface area contributed by atoms with Crippen molar-refractivity contribution in [2.75, 3.05) is 6.61 Å². The molecule has 0 unspecified atom stereocenters. The summed E-state index contributed by atoms with van der Waals surface area (Å²) in [4.78, 5) is 4.67. The lowest BCUT2D eigenvalue weighted by Crippen LogP contribution is -2.00. The molecule has 1 aromatic carbocycles. The van der Waals surface area contributed by atoms with Crippen LogP contribution in [-0.4, -0.2) is 11.6 Å². The van der Waals surface area contributed by atoms with E-state index in [-0.39, 0.29) is 0 Å². The molecule has 0 saturated heterocycles. The Morgan fingerprint density at radius 1 is 1.33 bits per heavy atom. The first-order chi connectivity index (χ1) is 8.56. The van der Waals surface area contributed by atoms with Crippen molar-refractivity contribution in [3.05, 3.63) is 34.5 Å². The quantitative estimate of drug-likeness (QED) is 0.799. The lowest BCUT2D eigenvalue weighted by atomic mass is 9.99. The van der Waals surface area contributed by atoms with E-state index < -0.39 is 0 Å². The Bertz CT molecular complexity index is 578. The Kier molecular flexibility index (Phi) is 3.76. The van der Waals surface area contributed by atoms with Gasteiger partial charge in [-0.15, -0.1) is 0 Å². The van der Waals surface area contributed by atoms with Crippen LogP contribution in [0.1, 0.15) is 37.9 Å². The molecule has 0 fully saturated rings. The number of para-hydroxylation sites is 1. The van der Waals surface area contributed by atoms with Gasteiger partial charge in [0.25, 0.3) is 0 Å². The van der Waals surface area contributed by atoms with Gasteiger partial charge in [0.15, 0.2) is 0 Å². The summed E-state index contributed by atoms with van der Waals surface area (Å²) in [5.74, 6) is 1.17. The number of pyridine rings is 1. The van der Waals surface area contributed by atoms with Gasteiger partial charge < -0.3 is 4.74 Å². The number of halogens is 1. The van der Waals surface area contributed by atoms with Crippen LogP contribution in [0.3, 0.4) is 0 Å². The molecular formula is C15H18ClNO. The molecule has 0 saturated carbocycles. The highest BCUT2D eigenvalue weighted by Crippen LogP contribution is 2.36. The number of hydrogen-bond acceptors (Lipinski definition) is 2. The van der Waals surface area contributed by atoms with E-state index in [2.05, 4.69) is 18.8 Å². The fraction of sp³-hybridized carbons (Fsp3) is 0.400. The van der Waals surface area contributed by atoms with Crippen LogP contribution in [0, 0.1) is 6.92 Å². The zero-order valence-corrected chi connectivity index (χ0v) is 12.0. The molecule has 0 aliphatic heterocycles. The number of aromatic nitrogens is 1. The van der Waals surface area contributed by atoms with Gasteiger partial charge in [-0.3, -0.25) is 0 Å². The third kappa shape index (κ3) is 2.17. The van der Waals surface area contributed by atoms with Crippen molar-refractivity contribution in [2.45, 2.75) is 33.6 Å². The van der Waals surface area contributed by atoms with Crippen molar-refractivity contribution >= 4 is 22.5 Å². The van der Waals surface area contributed by atoms with E-state index in [1.807, 2.05) is 32.0 Å². The Labute approximate surface area is 113 Å². The zero-order chi connectivity index (χ0) is 13.3. The van der Waals surface area contributed by atoms with Crippen molar-refractivity contribution in [2.24, 2.45) is 0 Å². The lowest BCUT2D eigenvalue weighted by Gasteiger charge is -2.15. The number of ether oxygens (including phenoxy) is 1. The molecule has 0 amide bonds. The zero-order valence-electron chi connectivity index (χ0n) is 11.2. The predicted octanol–water partition coefficient (Wildman–Crippen LogP) is 4.72. The number of aryl methyl sites for hydroxylation is 1. The van der Waals surface area contributed by atoms with Gasteiger partial charge in [0.2, 0.25) is 0 Å². The van der Waals surface area contributed by atoms with Crippen molar-refractivity contribution < 1.29 is 4.74 Å². The van der Waals surface area contributed by atoms with Crippen LogP contribution < -0.4 is 4.74 Å². The molecule has 0 aliphatic rings. The van der Waals surface area contributed by atoms with Crippen LogP contribution >= 0.6 is 11.6 Å². The number of benzene rings is 1. The molecule has 96 valence electrons. The van der Waals surface area contributed by atoms with Gasteiger partial charge in [-0.25, -0.2) is 4.98 Å². The summed E-state index contributed by atoms with van der Waals surface area (Å²) >= 11 is 6.52. The van der Waals surface area contributed by atoms with E-state index in [1.165, 1.54) is 0 Å². The maximum atomic E-state index is 6.52. The molecule has 0 N–H and O–H groups in total. The highest BCUT2D eigenvalue weighted by Gasteiger charge is 2.15. The predicted molar refractivity (Wildman–Crippen MR) is 76.7 cm³/mol. The molecule has 0 aliphatic carbocycles. The molecule has 1 heterocycles. The summed E-state index contributed by atoms with van der Waals surface area (Å²) in [6.45, 7) is 8.87. The minimum absolute atomic E-state index is 0.366. The van der Waals surface area contributed by atoms with Gasteiger partial charge >= 0.3 is 0 Å². The van der Waals surface area contributed by atoms with Crippen LogP contribution in [0.5, 0.6) is 5.75 Å². The van der Waals surface area contributed by atoms with Gasteiger partial charge in [0.05, 0.1) is 11.6 Å². The average Bonchev–Trinajstić information content (AvgIpc) is 2.30. The number of fused-ring (bicyclic) bond motifs is 1. The normalized spacial score (nSPS) is 11.2. The van der Waals surface area contributed by atoms with Crippen LogP contribution in [0.4, 0.5) is 0 Å². The Hall–Kier alpha value is -1.28. The third-order valence-electron chi connectivity index (χ3n) is 3.02. The number of rotatable bonds is 3. The molecule has 2 aromatic rings. The number of hydrogen-bond donors (Lipinski definition) is 0. The first-order valence-electron chi connectivity index (χ1n) is 6.27. The maximum Gasteiger partial charge on any atom is 0.145 e. The third-order valence-corrected chi connectivity index (χ3v) is 3.43. The second-order valence-corrected chi connectivity index (χ2v) is 5.04. The van der Waals surface area contributed by atoms with Crippen LogP contribution in [-0.2, 0) is 0 Å². The van der Waals surface area contributed by atoms with Gasteiger partial charge in [-0.05, 0) is 31.4 Å². The molecule has 0 atom stereocenters. The topological polar surface area (TPSA) is 22.1 Å². The second-order valence-electron chi connectivity index (χ2n) is 4.66. The average molecular weight is 264 g/mol. The molecule has 0 spiro atoms. The minimum Gasteiger partial charge on any atom is -0.492 e. The summed E-state index contributed by atoms with van der Waals surface area (Å²) < 4.78 is 5.61. The summed E-state index contributed by atoms with van der Waals surface area (Å²) in [5, 5.41) is 1.77. The Balaban J connectivity index is 2.77. The molecule has 0 bridgehead atoms. The highest BCUT2D eigenvalue weighted by molar-refractivity contribution is 6.36. The largest absolute Gasteiger partial charge is 0.492 e. The van der Waals surface area contributed by atoms with E-state index in [0.29, 0.717) is 12.5 Å². The molecule has 1 aromatic heterocycles. The second kappa shape index (κ2) is 5.15. The smallest absolute Gasteiger partial charge is 0.145 e. The van der Waals surface area contributed by atoms with Crippen molar-refractivity contribution in [1.29, 1.82) is 0 Å². The fourth-order valence-corrected chi connectivity index (χ4v) is 2.80. The molecule has 18 heavy (non-hydrogen) atoms. The Morgan fingerprint density at radius 3 is 2.67 bits per heavy atom. The molecule has 2 rings (SSSR count). The molecule has 2 nitrogen and oxygen atoms in total. The van der Waals surface area contributed by atoms with Crippen molar-refractivity contribution in [3.63, 3.8) is 0 Å².